The molecule has 1 aromatic heterocycles. The molecule has 0 aliphatic rings. The third kappa shape index (κ3) is 3.15. The van der Waals surface area contributed by atoms with Crippen molar-refractivity contribution in [3.05, 3.63) is 27.1 Å². The minimum Gasteiger partial charge on any atom is -0.396 e. The largest absolute Gasteiger partial charge is 0.396 e. The number of nitrogens with zero attached hydrogens (tertiary/aromatic N) is 1. The number of hydrogen-bond donors (Lipinski definition) is 2. The molecule has 5 nitrogen and oxygen atoms in total. The molecule has 1 rings (SSSR count). The average Bonchev–Trinajstić information content (AvgIpc) is 2.65. The van der Waals surface area contributed by atoms with Crippen LogP contribution >= 0.6 is 23.7 Å². The van der Waals surface area contributed by atoms with Gasteiger partial charge in [0.2, 0.25) is 0 Å². The first kappa shape index (κ1) is 15.3. The van der Waals surface area contributed by atoms with Crippen LogP contribution in [0.25, 0.3) is 0 Å². The Morgan fingerprint density at radius 1 is 1.69 bits per heavy atom. The molecule has 1 aromatic rings. The van der Waals surface area contributed by atoms with Crippen molar-refractivity contribution in [2.24, 2.45) is 11.1 Å². The second kappa shape index (κ2) is 5.58. The molecule has 16 heavy (non-hydrogen) atoms. The van der Waals surface area contributed by atoms with Gasteiger partial charge in [-0.2, -0.15) is 0 Å². The van der Waals surface area contributed by atoms with Crippen LogP contribution in [-0.4, -0.2) is 16.6 Å². The van der Waals surface area contributed by atoms with Crippen LogP contribution in [0.2, 0.25) is 0 Å². The molecular weight excluding hydrogens is 252 g/mol. The zero-order valence-electron chi connectivity index (χ0n) is 9.04. The molecule has 0 saturated heterocycles. The van der Waals surface area contributed by atoms with E-state index in [0.29, 0.717) is 5.56 Å². The summed E-state index contributed by atoms with van der Waals surface area (Å²) in [4.78, 5) is 10.0. The van der Waals surface area contributed by atoms with E-state index in [0.717, 1.165) is 11.3 Å². The van der Waals surface area contributed by atoms with E-state index < -0.39 is 16.4 Å². The zero-order valence-corrected chi connectivity index (χ0v) is 10.7. The first-order valence-corrected chi connectivity index (χ1v) is 5.35. The van der Waals surface area contributed by atoms with Crippen LogP contribution in [-0.2, 0) is 0 Å². The number of halogens is 1. The van der Waals surface area contributed by atoms with E-state index in [4.69, 9.17) is 10.8 Å². The maximum Gasteiger partial charge on any atom is 0.324 e. The van der Waals surface area contributed by atoms with E-state index in [1.54, 1.807) is 5.38 Å². The van der Waals surface area contributed by atoms with Crippen LogP contribution in [0.15, 0.2) is 11.4 Å². The van der Waals surface area contributed by atoms with Gasteiger partial charge in [-0.25, -0.2) is 0 Å². The van der Waals surface area contributed by atoms with Crippen molar-refractivity contribution >= 4 is 28.7 Å². The Hall–Kier alpha value is -0.690. The SMILES string of the molecule is CC(C)(CO)[C@@H](N)c1csc([N+](=O)[O-])c1.Cl. The van der Waals surface area contributed by atoms with Crippen LogP contribution < -0.4 is 5.73 Å². The van der Waals surface area contributed by atoms with Crippen molar-refractivity contribution in [1.82, 2.24) is 0 Å². The van der Waals surface area contributed by atoms with Gasteiger partial charge in [-0.3, -0.25) is 10.1 Å². The molecule has 0 unspecified atom stereocenters. The lowest BCUT2D eigenvalue weighted by molar-refractivity contribution is -0.380. The first-order chi connectivity index (χ1) is 6.88. The van der Waals surface area contributed by atoms with Gasteiger partial charge in [0.05, 0.1) is 4.92 Å². The van der Waals surface area contributed by atoms with Crippen molar-refractivity contribution in [2.45, 2.75) is 19.9 Å². The minimum absolute atomic E-state index is 0. The summed E-state index contributed by atoms with van der Waals surface area (Å²) in [6.45, 7) is 3.58. The van der Waals surface area contributed by atoms with Crippen LogP contribution in [0.1, 0.15) is 25.5 Å². The highest BCUT2D eigenvalue weighted by Crippen LogP contribution is 2.35. The maximum absolute atomic E-state index is 10.5. The monoisotopic (exact) mass is 266 g/mol. The van der Waals surface area contributed by atoms with E-state index in [2.05, 4.69) is 0 Å². The lowest BCUT2D eigenvalue weighted by atomic mass is 9.83. The van der Waals surface area contributed by atoms with Crippen molar-refractivity contribution < 1.29 is 10.0 Å². The summed E-state index contributed by atoms with van der Waals surface area (Å²) >= 11 is 1.05. The maximum atomic E-state index is 10.5. The molecule has 92 valence electrons. The summed E-state index contributed by atoms with van der Waals surface area (Å²) in [5.41, 5.74) is 6.14. The lowest BCUT2D eigenvalue weighted by Crippen LogP contribution is -2.32. The van der Waals surface area contributed by atoms with Gasteiger partial charge in [-0.15, -0.1) is 12.4 Å². The number of aliphatic hydroxyl groups is 1. The third-order valence-corrected chi connectivity index (χ3v) is 3.29. The number of rotatable bonds is 4. The average molecular weight is 267 g/mol. The molecule has 0 aromatic carbocycles. The fourth-order valence-electron chi connectivity index (χ4n) is 1.15. The molecule has 0 amide bonds. The number of nitrogens with two attached hydrogens (primary N) is 1. The Morgan fingerprint density at radius 2 is 2.25 bits per heavy atom. The molecule has 0 aliphatic carbocycles. The summed E-state index contributed by atoms with van der Waals surface area (Å²) in [6, 6.07) is 1.07. The molecule has 3 N–H and O–H groups in total. The van der Waals surface area contributed by atoms with E-state index >= 15 is 0 Å². The normalized spacial score (nSPS) is 13.0. The predicted molar refractivity (Wildman–Crippen MR) is 66.0 cm³/mol. The van der Waals surface area contributed by atoms with Gasteiger partial charge in [0.15, 0.2) is 0 Å². The molecule has 7 heteroatoms. The molecule has 0 radical (unpaired) electrons. The smallest absolute Gasteiger partial charge is 0.324 e. The molecule has 0 aliphatic heterocycles. The van der Waals surface area contributed by atoms with Gasteiger partial charge < -0.3 is 10.8 Å². The fraction of sp³-hybridized carbons (Fsp3) is 0.556. The molecule has 0 spiro atoms. The summed E-state index contributed by atoms with van der Waals surface area (Å²) in [7, 11) is 0. The van der Waals surface area contributed by atoms with Gasteiger partial charge in [0.25, 0.3) is 0 Å². The summed E-state index contributed by atoms with van der Waals surface area (Å²) in [5, 5.41) is 21.4. The second-order valence-electron chi connectivity index (χ2n) is 4.10. The van der Waals surface area contributed by atoms with E-state index in [1.165, 1.54) is 6.07 Å². The Labute approximate surface area is 104 Å². The highest BCUT2D eigenvalue weighted by atomic mass is 35.5. The van der Waals surface area contributed by atoms with Gasteiger partial charge in [-0.05, 0) is 5.56 Å². The summed E-state index contributed by atoms with van der Waals surface area (Å²) in [5.74, 6) is 0. The van der Waals surface area contributed by atoms with Crippen molar-refractivity contribution in [3.8, 4) is 0 Å². The number of hydrogen-bond acceptors (Lipinski definition) is 5. The fourth-order valence-corrected chi connectivity index (χ4v) is 1.91. The van der Waals surface area contributed by atoms with Crippen molar-refractivity contribution in [2.75, 3.05) is 6.61 Å². The Balaban J connectivity index is 0.00000225. The topological polar surface area (TPSA) is 89.4 Å². The standard InChI is InChI=1S/C9H14N2O3S.ClH/c1-9(2,5-12)8(10)6-3-7(11(13)14)15-4-6;/h3-4,8,12H,5,10H2,1-2H3;1H/t8-;/m0./s1. The second-order valence-corrected chi connectivity index (χ2v) is 4.99. The van der Waals surface area contributed by atoms with Gasteiger partial charge in [0, 0.05) is 29.5 Å². The molecule has 1 atom stereocenters. The van der Waals surface area contributed by atoms with Crippen LogP contribution in [0.3, 0.4) is 0 Å². The lowest BCUT2D eigenvalue weighted by Gasteiger charge is -2.28. The number of nitro groups is 1. The third-order valence-electron chi connectivity index (χ3n) is 2.39. The Kier molecular flexibility index (Phi) is 5.34. The van der Waals surface area contributed by atoms with Gasteiger partial charge in [0.1, 0.15) is 0 Å². The Bertz CT molecular complexity index is 367. The molecule has 1 heterocycles. The minimum atomic E-state index is -0.477. The van der Waals surface area contributed by atoms with E-state index in [9.17, 15) is 10.1 Å². The first-order valence-electron chi connectivity index (χ1n) is 4.48. The van der Waals surface area contributed by atoms with Crippen molar-refractivity contribution in [1.29, 1.82) is 0 Å². The number of aliphatic hydroxyl groups excluding tert-OH is 1. The highest BCUT2D eigenvalue weighted by molar-refractivity contribution is 7.13. The van der Waals surface area contributed by atoms with Gasteiger partial charge >= 0.3 is 5.00 Å². The highest BCUT2D eigenvalue weighted by Gasteiger charge is 2.28. The van der Waals surface area contributed by atoms with Crippen LogP contribution in [0.4, 0.5) is 5.00 Å². The van der Waals surface area contributed by atoms with E-state index in [-0.39, 0.29) is 24.0 Å². The molecular formula is C9H15ClN2O3S. The zero-order chi connectivity index (χ0) is 11.6. The Morgan fingerprint density at radius 3 is 2.62 bits per heavy atom. The number of thiophene rings is 1. The molecule has 0 saturated carbocycles. The van der Waals surface area contributed by atoms with Crippen LogP contribution in [0.5, 0.6) is 0 Å². The van der Waals surface area contributed by atoms with E-state index in [1.807, 2.05) is 13.8 Å². The summed E-state index contributed by atoms with van der Waals surface area (Å²) < 4.78 is 0. The van der Waals surface area contributed by atoms with Gasteiger partial charge in [-0.1, -0.05) is 25.2 Å². The van der Waals surface area contributed by atoms with Crippen molar-refractivity contribution in [3.63, 3.8) is 0 Å². The molecule has 0 fully saturated rings. The quantitative estimate of drug-likeness (QED) is 0.645. The molecule has 0 bridgehead atoms. The summed E-state index contributed by atoms with van der Waals surface area (Å²) in [6.07, 6.45) is 0. The predicted octanol–water partition coefficient (Wildman–Crippen LogP) is 2.10. The van der Waals surface area contributed by atoms with Crippen LogP contribution in [0, 0.1) is 15.5 Å².